The second-order valence-electron chi connectivity index (χ2n) is 4.64. The monoisotopic (exact) mass is 347 g/mol. The minimum atomic E-state index is 0.0478. The number of ether oxygens (including phenoxy) is 1. The van der Waals surface area contributed by atoms with Gasteiger partial charge in [-0.15, -0.1) is 0 Å². The molecule has 0 radical (unpaired) electrons. The first-order chi connectivity index (χ1) is 10.2. The highest BCUT2D eigenvalue weighted by Crippen LogP contribution is 2.13. The lowest BCUT2D eigenvalue weighted by atomic mass is 10.1. The largest absolute Gasteiger partial charge is 0.492 e. The Hall–Kier alpha value is -1.81. The van der Waals surface area contributed by atoms with Crippen LogP contribution in [0.2, 0.25) is 0 Å². The van der Waals surface area contributed by atoms with Gasteiger partial charge in [0.2, 0.25) is 5.91 Å². The summed E-state index contributed by atoms with van der Waals surface area (Å²) >= 11 is 3.43. The van der Waals surface area contributed by atoms with Crippen LogP contribution in [-0.2, 0) is 11.2 Å². The van der Waals surface area contributed by atoms with Crippen molar-refractivity contribution in [1.29, 1.82) is 0 Å². The number of hydrogen-bond acceptors (Lipinski definition) is 2. The molecule has 0 saturated heterocycles. The molecular weight excluding hydrogens is 330 g/mol. The van der Waals surface area contributed by atoms with Crippen LogP contribution in [0.4, 0.5) is 0 Å². The molecule has 0 saturated carbocycles. The zero-order chi connectivity index (χ0) is 14.9. The SMILES string of the molecule is O=C(CCc1cccc(Br)c1)NCCOc1ccccc1. The van der Waals surface area contributed by atoms with Crippen LogP contribution in [0.25, 0.3) is 0 Å². The Kier molecular flexibility index (Phi) is 6.28. The Morgan fingerprint density at radius 1 is 1.10 bits per heavy atom. The number of benzene rings is 2. The maximum atomic E-state index is 11.7. The summed E-state index contributed by atoms with van der Waals surface area (Å²) in [5.41, 5.74) is 1.15. The predicted molar refractivity (Wildman–Crippen MR) is 87.4 cm³/mol. The van der Waals surface area contributed by atoms with Gasteiger partial charge in [-0.25, -0.2) is 0 Å². The molecule has 4 heteroatoms. The van der Waals surface area contributed by atoms with Gasteiger partial charge in [0.05, 0.1) is 6.54 Å². The van der Waals surface area contributed by atoms with E-state index in [1.807, 2.05) is 54.6 Å². The maximum Gasteiger partial charge on any atom is 0.220 e. The molecule has 1 N–H and O–H groups in total. The van der Waals surface area contributed by atoms with E-state index in [1.165, 1.54) is 0 Å². The Morgan fingerprint density at radius 2 is 1.90 bits per heavy atom. The number of carbonyl (C=O) groups is 1. The topological polar surface area (TPSA) is 38.3 Å². The van der Waals surface area contributed by atoms with Gasteiger partial charge in [0, 0.05) is 10.9 Å². The van der Waals surface area contributed by atoms with Gasteiger partial charge >= 0.3 is 0 Å². The van der Waals surface area contributed by atoms with E-state index >= 15 is 0 Å². The highest BCUT2D eigenvalue weighted by atomic mass is 79.9. The summed E-state index contributed by atoms with van der Waals surface area (Å²) in [6, 6.07) is 17.6. The summed E-state index contributed by atoms with van der Waals surface area (Å²) in [5, 5.41) is 2.86. The normalized spacial score (nSPS) is 10.1. The average molecular weight is 348 g/mol. The molecule has 2 aromatic carbocycles. The maximum absolute atomic E-state index is 11.7. The van der Waals surface area contributed by atoms with Crippen LogP contribution in [-0.4, -0.2) is 19.1 Å². The van der Waals surface area contributed by atoms with Gasteiger partial charge in [-0.3, -0.25) is 4.79 Å². The third-order valence-electron chi connectivity index (χ3n) is 2.97. The number of carbonyl (C=O) groups excluding carboxylic acids is 1. The van der Waals surface area contributed by atoms with E-state index in [0.29, 0.717) is 19.6 Å². The van der Waals surface area contributed by atoms with E-state index < -0.39 is 0 Å². The van der Waals surface area contributed by atoms with Gasteiger partial charge in [0.25, 0.3) is 0 Å². The van der Waals surface area contributed by atoms with Crippen molar-refractivity contribution in [3.8, 4) is 5.75 Å². The Bertz CT molecular complexity index is 572. The molecule has 21 heavy (non-hydrogen) atoms. The molecule has 0 atom stereocenters. The number of para-hydroxylation sites is 1. The molecular formula is C17H18BrNO2. The Morgan fingerprint density at radius 3 is 2.67 bits per heavy atom. The summed E-state index contributed by atoms with van der Waals surface area (Å²) in [5.74, 6) is 0.868. The van der Waals surface area contributed by atoms with Crippen molar-refractivity contribution in [3.05, 3.63) is 64.6 Å². The third-order valence-corrected chi connectivity index (χ3v) is 3.46. The van der Waals surface area contributed by atoms with E-state index in [1.54, 1.807) is 0 Å². The summed E-state index contributed by atoms with van der Waals surface area (Å²) in [7, 11) is 0. The fourth-order valence-corrected chi connectivity index (χ4v) is 2.36. The van der Waals surface area contributed by atoms with Crippen LogP contribution in [0.1, 0.15) is 12.0 Å². The molecule has 1 amide bonds. The summed E-state index contributed by atoms with van der Waals surface area (Å²) < 4.78 is 6.55. The van der Waals surface area contributed by atoms with Gasteiger partial charge in [-0.1, -0.05) is 46.3 Å². The molecule has 0 aliphatic carbocycles. The molecule has 2 aromatic rings. The lowest BCUT2D eigenvalue weighted by Crippen LogP contribution is -2.28. The fraction of sp³-hybridized carbons (Fsp3) is 0.235. The first-order valence-corrected chi connectivity index (χ1v) is 7.72. The smallest absolute Gasteiger partial charge is 0.220 e. The van der Waals surface area contributed by atoms with Gasteiger partial charge in [-0.2, -0.15) is 0 Å². The van der Waals surface area contributed by atoms with E-state index in [4.69, 9.17) is 4.74 Å². The van der Waals surface area contributed by atoms with Crippen LogP contribution in [0, 0.1) is 0 Å². The predicted octanol–water partition coefficient (Wildman–Crippen LogP) is 3.58. The second-order valence-corrected chi connectivity index (χ2v) is 5.56. The molecule has 0 bridgehead atoms. The number of nitrogens with one attached hydrogen (secondary N) is 1. The van der Waals surface area contributed by atoms with Crippen molar-refractivity contribution >= 4 is 21.8 Å². The highest BCUT2D eigenvalue weighted by Gasteiger charge is 2.02. The first kappa shape index (κ1) is 15.6. The standard InChI is InChI=1S/C17H18BrNO2/c18-15-6-4-5-14(13-15)9-10-17(20)19-11-12-21-16-7-2-1-3-8-16/h1-8,13H,9-12H2,(H,19,20). The lowest BCUT2D eigenvalue weighted by molar-refractivity contribution is -0.121. The average Bonchev–Trinajstić information content (AvgIpc) is 2.51. The summed E-state index contributed by atoms with van der Waals surface area (Å²) in [6.07, 6.45) is 1.23. The molecule has 0 spiro atoms. The minimum Gasteiger partial charge on any atom is -0.492 e. The zero-order valence-electron chi connectivity index (χ0n) is 11.7. The molecule has 0 fully saturated rings. The van der Waals surface area contributed by atoms with Gasteiger partial charge in [-0.05, 0) is 36.2 Å². The second kappa shape index (κ2) is 8.47. The lowest BCUT2D eigenvalue weighted by Gasteiger charge is -2.07. The third kappa shape index (κ3) is 6.00. The number of aryl methyl sites for hydroxylation is 1. The Balaban J connectivity index is 1.62. The molecule has 0 unspecified atom stereocenters. The Labute approximate surface area is 133 Å². The molecule has 0 aromatic heterocycles. The van der Waals surface area contributed by atoms with Crippen LogP contribution in [0.3, 0.4) is 0 Å². The van der Waals surface area contributed by atoms with Crippen molar-refractivity contribution in [1.82, 2.24) is 5.32 Å². The van der Waals surface area contributed by atoms with Crippen molar-refractivity contribution in [2.75, 3.05) is 13.2 Å². The number of hydrogen-bond donors (Lipinski definition) is 1. The number of rotatable bonds is 7. The van der Waals surface area contributed by atoms with Crippen molar-refractivity contribution in [2.24, 2.45) is 0 Å². The first-order valence-electron chi connectivity index (χ1n) is 6.93. The molecule has 2 rings (SSSR count). The molecule has 0 aliphatic rings. The van der Waals surface area contributed by atoms with E-state index in [0.717, 1.165) is 22.2 Å². The van der Waals surface area contributed by atoms with Gasteiger partial charge in [0.1, 0.15) is 12.4 Å². The van der Waals surface area contributed by atoms with Gasteiger partial charge in [0.15, 0.2) is 0 Å². The molecule has 0 aliphatic heterocycles. The molecule has 0 heterocycles. The fourth-order valence-electron chi connectivity index (χ4n) is 1.91. The zero-order valence-corrected chi connectivity index (χ0v) is 13.3. The summed E-state index contributed by atoms with van der Waals surface area (Å²) in [4.78, 5) is 11.7. The highest BCUT2D eigenvalue weighted by molar-refractivity contribution is 9.10. The minimum absolute atomic E-state index is 0.0478. The van der Waals surface area contributed by atoms with Crippen molar-refractivity contribution in [3.63, 3.8) is 0 Å². The van der Waals surface area contributed by atoms with Gasteiger partial charge < -0.3 is 10.1 Å². The van der Waals surface area contributed by atoms with Crippen molar-refractivity contribution in [2.45, 2.75) is 12.8 Å². The van der Waals surface area contributed by atoms with Crippen LogP contribution >= 0.6 is 15.9 Å². The van der Waals surface area contributed by atoms with Crippen LogP contribution in [0.15, 0.2) is 59.1 Å². The van der Waals surface area contributed by atoms with E-state index in [2.05, 4.69) is 21.2 Å². The van der Waals surface area contributed by atoms with Crippen molar-refractivity contribution < 1.29 is 9.53 Å². The summed E-state index contributed by atoms with van der Waals surface area (Å²) in [6.45, 7) is 0.999. The molecule has 3 nitrogen and oxygen atoms in total. The van der Waals surface area contributed by atoms with E-state index in [9.17, 15) is 4.79 Å². The quantitative estimate of drug-likeness (QED) is 0.777. The number of halogens is 1. The molecule has 110 valence electrons. The van der Waals surface area contributed by atoms with Crippen LogP contribution < -0.4 is 10.1 Å². The van der Waals surface area contributed by atoms with Crippen LogP contribution in [0.5, 0.6) is 5.75 Å². The van der Waals surface area contributed by atoms with E-state index in [-0.39, 0.29) is 5.91 Å². The number of amides is 1.